The van der Waals surface area contributed by atoms with Crippen LogP contribution in [0.25, 0.3) is 0 Å². The normalized spacial score (nSPS) is 19.4. The van der Waals surface area contributed by atoms with Crippen molar-refractivity contribution in [2.75, 3.05) is 49.3 Å². The van der Waals surface area contributed by atoms with Gasteiger partial charge in [0.15, 0.2) is 0 Å². The molecule has 2 heterocycles. The molecule has 0 spiro atoms. The van der Waals surface area contributed by atoms with Crippen molar-refractivity contribution in [3.63, 3.8) is 0 Å². The summed E-state index contributed by atoms with van der Waals surface area (Å²) in [7, 11) is 0. The quantitative estimate of drug-likeness (QED) is 0.858. The molecule has 1 saturated heterocycles. The van der Waals surface area contributed by atoms with E-state index in [0.29, 0.717) is 37.7 Å². The number of ether oxygens (including phenoxy) is 1. The first-order valence-electron chi connectivity index (χ1n) is 7.39. The van der Waals surface area contributed by atoms with Gasteiger partial charge in [0, 0.05) is 25.7 Å². The molecule has 0 atom stereocenters. The molecule has 7 nitrogen and oxygen atoms in total. The van der Waals surface area contributed by atoms with E-state index in [1.807, 2.05) is 4.90 Å². The Hall–Kier alpha value is -1.18. The number of aliphatic hydroxyl groups excluding tert-OH is 1. The third-order valence-corrected chi connectivity index (χ3v) is 4.16. The van der Waals surface area contributed by atoms with Crippen molar-refractivity contribution in [2.24, 2.45) is 0 Å². The molecule has 1 aliphatic carbocycles. The molecule has 0 amide bonds. The van der Waals surface area contributed by atoms with Gasteiger partial charge in [0.25, 0.3) is 0 Å². The maximum absolute atomic E-state index is 9.28. The summed E-state index contributed by atoms with van der Waals surface area (Å²) in [6, 6.07) is 0.396. The lowest BCUT2D eigenvalue weighted by molar-refractivity contribution is 0.122. The number of nitrogens with zero attached hydrogens (tertiary/aromatic N) is 5. The first-order valence-corrected chi connectivity index (χ1v) is 7.77. The number of rotatable bonds is 5. The number of hydrogen-bond donors (Lipinski definition) is 1. The summed E-state index contributed by atoms with van der Waals surface area (Å²) in [6.07, 6.45) is 3.42. The minimum absolute atomic E-state index is 0.0761. The van der Waals surface area contributed by atoms with Gasteiger partial charge < -0.3 is 19.6 Å². The summed E-state index contributed by atoms with van der Waals surface area (Å²) in [5.41, 5.74) is 0. The number of anilines is 2. The van der Waals surface area contributed by atoms with Crippen LogP contribution in [-0.4, -0.2) is 65.6 Å². The zero-order chi connectivity index (χ0) is 14.7. The zero-order valence-electron chi connectivity index (χ0n) is 11.9. The highest BCUT2D eigenvalue weighted by atomic mass is 35.5. The van der Waals surface area contributed by atoms with Gasteiger partial charge >= 0.3 is 0 Å². The molecule has 0 aromatic carbocycles. The van der Waals surface area contributed by atoms with Crippen molar-refractivity contribution in [3.8, 4) is 0 Å². The molecule has 2 fully saturated rings. The average Bonchev–Trinajstić information content (AvgIpc) is 2.45. The van der Waals surface area contributed by atoms with Gasteiger partial charge in [0.2, 0.25) is 17.2 Å². The second-order valence-corrected chi connectivity index (χ2v) is 5.64. The van der Waals surface area contributed by atoms with Crippen LogP contribution in [0.1, 0.15) is 19.3 Å². The number of aliphatic hydroxyl groups is 1. The van der Waals surface area contributed by atoms with Crippen molar-refractivity contribution in [3.05, 3.63) is 5.28 Å². The Kier molecular flexibility index (Phi) is 4.72. The van der Waals surface area contributed by atoms with Crippen molar-refractivity contribution < 1.29 is 9.84 Å². The second-order valence-electron chi connectivity index (χ2n) is 5.31. The number of hydrogen-bond acceptors (Lipinski definition) is 7. The molecule has 0 radical (unpaired) electrons. The second kappa shape index (κ2) is 6.72. The zero-order valence-corrected chi connectivity index (χ0v) is 12.7. The molecule has 1 aliphatic heterocycles. The van der Waals surface area contributed by atoms with Crippen LogP contribution in [-0.2, 0) is 4.74 Å². The maximum Gasteiger partial charge on any atom is 0.231 e. The number of halogens is 1. The van der Waals surface area contributed by atoms with Crippen LogP contribution in [0.15, 0.2) is 0 Å². The molecule has 3 rings (SSSR count). The van der Waals surface area contributed by atoms with Gasteiger partial charge in [-0.05, 0) is 30.9 Å². The molecule has 1 aromatic rings. The van der Waals surface area contributed by atoms with Gasteiger partial charge in [-0.2, -0.15) is 15.0 Å². The molecule has 0 unspecified atom stereocenters. The molecule has 1 aromatic heterocycles. The Morgan fingerprint density at radius 1 is 1.24 bits per heavy atom. The summed E-state index contributed by atoms with van der Waals surface area (Å²) in [6.45, 7) is 3.44. The molecule has 1 saturated carbocycles. The lowest BCUT2D eigenvalue weighted by Crippen LogP contribution is -2.43. The lowest BCUT2D eigenvalue weighted by atomic mass is 9.92. The van der Waals surface area contributed by atoms with Gasteiger partial charge in [0.05, 0.1) is 19.8 Å². The molecule has 2 aliphatic rings. The van der Waals surface area contributed by atoms with Crippen molar-refractivity contribution >= 4 is 23.5 Å². The SMILES string of the molecule is OCCN(c1nc(Cl)nc(N2CCOCC2)n1)C1CCC1. The Balaban J connectivity index is 1.84. The number of morpholine rings is 1. The van der Waals surface area contributed by atoms with Crippen LogP contribution in [0.4, 0.5) is 11.9 Å². The van der Waals surface area contributed by atoms with E-state index in [4.69, 9.17) is 16.3 Å². The van der Waals surface area contributed by atoms with E-state index in [2.05, 4.69) is 19.9 Å². The van der Waals surface area contributed by atoms with Gasteiger partial charge in [-0.15, -0.1) is 0 Å². The third kappa shape index (κ3) is 3.36. The van der Waals surface area contributed by atoms with Crippen LogP contribution >= 0.6 is 11.6 Å². The van der Waals surface area contributed by atoms with Crippen LogP contribution in [0.3, 0.4) is 0 Å². The van der Waals surface area contributed by atoms with E-state index in [1.165, 1.54) is 6.42 Å². The maximum atomic E-state index is 9.28. The highest BCUT2D eigenvalue weighted by Crippen LogP contribution is 2.28. The summed E-state index contributed by atoms with van der Waals surface area (Å²) in [5, 5.41) is 9.48. The molecular weight excluding hydrogens is 294 g/mol. The summed E-state index contributed by atoms with van der Waals surface area (Å²) in [4.78, 5) is 17.1. The largest absolute Gasteiger partial charge is 0.395 e. The fraction of sp³-hybridized carbons (Fsp3) is 0.769. The highest BCUT2D eigenvalue weighted by Gasteiger charge is 2.28. The minimum Gasteiger partial charge on any atom is -0.395 e. The van der Waals surface area contributed by atoms with Gasteiger partial charge in [-0.3, -0.25) is 0 Å². The number of aromatic nitrogens is 3. The first kappa shape index (κ1) is 14.7. The van der Waals surface area contributed by atoms with E-state index in [-0.39, 0.29) is 11.9 Å². The Morgan fingerprint density at radius 2 is 2.00 bits per heavy atom. The Bertz CT molecular complexity index is 480. The smallest absolute Gasteiger partial charge is 0.231 e. The standard InChI is InChI=1S/C13H20ClN5O2/c14-11-15-12(18-5-8-21-9-6-18)17-13(16-11)19(4-7-20)10-2-1-3-10/h10,20H,1-9H2. The van der Waals surface area contributed by atoms with Crippen molar-refractivity contribution in [1.29, 1.82) is 0 Å². The monoisotopic (exact) mass is 313 g/mol. The minimum atomic E-state index is 0.0761. The molecule has 0 bridgehead atoms. The van der Waals surface area contributed by atoms with Crippen LogP contribution in [0, 0.1) is 0 Å². The van der Waals surface area contributed by atoms with Gasteiger partial charge in [-0.25, -0.2) is 0 Å². The van der Waals surface area contributed by atoms with E-state index in [9.17, 15) is 5.11 Å². The van der Waals surface area contributed by atoms with E-state index >= 15 is 0 Å². The molecular formula is C13H20ClN5O2. The van der Waals surface area contributed by atoms with Gasteiger partial charge in [0.1, 0.15) is 0 Å². The van der Waals surface area contributed by atoms with Crippen LogP contribution < -0.4 is 9.80 Å². The predicted octanol–water partition coefficient (Wildman–Crippen LogP) is 0.713. The van der Waals surface area contributed by atoms with Gasteiger partial charge in [-0.1, -0.05) is 0 Å². The third-order valence-electron chi connectivity index (χ3n) is 3.99. The topological polar surface area (TPSA) is 74.6 Å². The van der Waals surface area contributed by atoms with Crippen LogP contribution in [0.2, 0.25) is 5.28 Å². The highest BCUT2D eigenvalue weighted by molar-refractivity contribution is 6.28. The molecule has 8 heteroatoms. The summed E-state index contributed by atoms with van der Waals surface area (Å²) >= 11 is 6.07. The molecule has 21 heavy (non-hydrogen) atoms. The van der Waals surface area contributed by atoms with E-state index < -0.39 is 0 Å². The van der Waals surface area contributed by atoms with Crippen molar-refractivity contribution in [2.45, 2.75) is 25.3 Å². The fourth-order valence-electron chi connectivity index (χ4n) is 2.61. The Labute approximate surface area is 128 Å². The fourth-order valence-corrected chi connectivity index (χ4v) is 2.77. The van der Waals surface area contributed by atoms with E-state index in [0.717, 1.165) is 25.9 Å². The van der Waals surface area contributed by atoms with Crippen molar-refractivity contribution in [1.82, 2.24) is 15.0 Å². The molecule has 116 valence electrons. The Morgan fingerprint density at radius 3 is 2.62 bits per heavy atom. The predicted molar refractivity (Wildman–Crippen MR) is 79.9 cm³/mol. The first-order chi connectivity index (χ1) is 10.3. The average molecular weight is 314 g/mol. The van der Waals surface area contributed by atoms with E-state index in [1.54, 1.807) is 0 Å². The molecule has 1 N–H and O–H groups in total. The lowest BCUT2D eigenvalue weighted by Gasteiger charge is -2.37. The summed E-state index contributed by atoms with van der Waals surface area (Å²) < 4.78 is 5.34. The van der Waals surface area contributed by atoms with Crippen LogP contribution in [0.5, 0.6) is 0 Å². The summed E-state index contributed by atoms with van der Waals surface area (Å²) in [5.74, 6) is 1.16.